The summed E-state index contributed by atoms with van der Waals surface area (Å²) in [5, 5.41) is 9.02. The molecule has 2 heterocycles. The minimum atomic E-state index is -0.661. The smallest absolute Gasteiger partial charge is 0.338 e. The summed E-state index contributed by atoms with van der Waals surface area (Å²) >= 11 is 4.85. The second-order valence-electron chi connectivity index (χ2n) is 9.33. The van der Waals surface area contributed by atoms with Crippen LogP contribution in [0.15, 0.2) is 92.3 Å². The first-order valence-corrected chi connectivity index (χ1v) is 14.7. The van der Waals surface area contributed by atoms with Gasteiger partial charge in [0, 0.05) is 0 Å². The number of allylic oxidation sites excluding steroid dienone is 1. The highest BCUT2D eigenvalue weighted by Crippen LogP contribution is 2.37. The van der Waals surface area contributed by atoms with E-state index < -0.39 is 12.0 Å². The van der Waals surface area contributed by atoms with Crippen molar-refractivity contribution >= 4 is 39.3 Å². The van der Waals surface area contributed by atoms with Crippen LogP contribution in [0.3, 0.4) is 0 Å². The fourth-order valence-electron chi connectivity index (χ4n) is 4.76. The van der Waals surface area contributed by atoms with Crippen LogP contribution in [0.2, 0.25) is 0 Å². The topological polar surface area (TPSA) is 103 Å². The second-order valence-corrected chi connectivity index (χ2v) is 11.2. The van der Waals surface area contributed by atoms with Gasteiger partial charge in [0.1, 0.15) is 6.61 Å². The van der Waals surface area contributed by atoms with Gasteiger partial charge in [-0.3, -0.25) is 9.36 Å². The van der Waals surface area contributed by atoms with Gasteiger partial charge in [-0.1, -0.05) is 60.7 Å². The van der Waals surface area contributed by atoms with Crippen molar-refractivity contribution in [2.24, 2.45) is 4.99 Å². The Bertz CT molecular complexity index is 1900. The van der Waals surface area contributed by atoms with Gasteiger partial charge in [0.05, 0.1) is 52.2 Å². The zero-order valence-electron chi connectivity index (χ0n) is 23.1. The summed E-state index contributed by atoms with van der Waals surface area (Å²) in [6, 6.07) is 21.7. The summed E-state index contributed by atoms with van der Waals surface area (Å²) < 4.78 is 19.5. The Hall–Kier alpha value is -4.46. The first-order chi connectivity index (χ1) is 20.4. The standard InChI is InChI=1S/C32H26BrN3O5S/c1-4-24-27(31(38)40-3)28(22-8-6-5-7-9-22)36-30(37)26(42-32(36)35-24)16-21-14-23(33)29(25(15-21)39-2)41-18-20-12-10-19(17-34)11-13-20/h5-16,28H,4,18H2,1-3H3/b26-16+/t28-/m1/s1. The average molecular weight is 645 g/mol. The van der Waals surface area contributed by atoms with Crippen molar-refractivity contribution in [3.8, 4) is 17.6 Å². The molecule has 0 unspecified atom stereocenters. The Morgan fingerprint density at radius 1 is 1.14 bits per heavy atom. The van der Waals surface area contributed by atoms with Crippen LogP contribution in [-0.4, -0.2) is 24.8 Å². The van der Waals surface area contributed by atoms with E-state index in [-0.39, 0.29) is 12.2 Å². The summed E-state index contributed by atoms with van der Waals surface area (Å²) in [4.78, 5) is 32.1. The van der Waals surface area contributed by atoms with Gasteiger partial charge in [0.25, 0.3) is 5.56 Å². The third-order valence-corrected chi connectivity index (χ3v) is 8.35. The van der Waals surface area contributed by atoms with Gasteiger partial charge in [-0.05, 0) is 69.4 Å². The third kappa shape index (κ3) is 5.66. The van der Waals surface area contributed by atoms with Crippen molar-refractivity contribution in [3.05, 3.63) is 124 Å². The van der Waals surface area contributed by atoms with Crippen molar-refractivity contribution < 1.29 is 19.0 Å². The molecule has 0 saturated heterocycles. The van der Waals surface area contributed by atoms with E-state index in [4.69, 9.17) is 24.5 Å². The number of hydrogen-bond donors (Lipinski definition) is 0. The Morgan fingerprint density at radius 3 is 2.52 bits per heavy atom. The number of nitrogens with zero attached hydrogens (tertiary/aromatic N) is 3. The van der Waals surface area contributed by atoms with Crippen molar-refractivity contribution in [1.29, 1.82) is 5.26 Å². The molecule has 1 aliphatic heterocycles. The van der Waals surface area contributed by atoms with E-state index >= 15 is 0 Å². The summed E-state index contributed by atoms with van der Waals surface area (Å²) in [5.41, 5.74) is 3.68. The monoisotopic (exact) mass is 643 g/mol. The summed E-state index contributed by atoms with van der Waals surface area (Å²) in [5.74, 6) is 0.490. The number of thiazole rings is 1. The summed E-state index contributed by atoms with van der Waals surface area (Å²) in [7, 11) is 2.88. The number of carbonyl (C=O) groups is 1. The van der Waals surface area contributed by atoms with Crippen LogP contribution in [0, 0.1) is 11.3 Å². The molecule has 0 amide bonds. The maximum absolute atomic E-state index is 13.9. The van der Waals surface area contributed by atoms with Crippen molar-refractivity contribution in [1.82, 2.24) is 4.57 Å². The molecule has 0 saturated carbocycles. The number of halogens is 1. The van der Waals surface area contributed by atoms with E-state index in [1.54, 1.807) is 36.0 Å². The van der Waals surface area contributed by atoms with Crippen molar-refractivity contribution in [2.45, 2.75) is 26.0 Å². The van der Waals surface area contributed by atoms with E-state index in [0.29, 0.717) is 54.1 Å². The minimum absolute atomic E-state index is 0.264. The van der Waals surface area contributed by atoms with Gasteiger partial charge in [-0.15, -0.1) is 0 Å². The van der Waals surface area contributed by atoms with Gasteiger partial charge in [0.15, 0.2) is 16.3 Å². The minimum Gasteiger partial charge on any atom is -0.493 e. The largest absolute Gasteiger partial charge is 0.493 e. The lowest BCUT2D eigenvalue weighted by atomic mass is 9.95. The van der Waals surface area contributed by atoms with Gasteiger partial charge in [-0.25, -0.2) is 9.79 Å². The summed E-state index contributed by atoms with van der Waals surface area (Å²) in [6.07, 6.45) is 2.28. The number of nitriles is 1. The van der Waals surface area contributed by atoms with Crippen LogP contribution in [-0.2, 0) is 16.1 Å². The van der Waals surface area contributed by atoms with E-state index in [1.807, 2.05) is 55.5 Å². The molecule has 0 radical (unpaired) electrons. The summed E-state index contributed by atoms with van der Waals surface area (Å²) in [6.45, 7) is 2.20. The molecule has 212 valence electrons. The number of hydrogen-bond acceptors (Lipinski definition) is 8. The number of benzene rings is 3. The normalized spacial score (nSPS) is 14.5. The first-order valence-electron chi connectivity index (χ1n) is 13.1. The van der Waals surface area contributed by atoms with Gasteiger partial charge < -0.3 is 14.2 Å². The van der Waals surface area contributed by atoms with Crippen LogP contribution >= 0.6 is 27.3 Å². The van der Waals surface area contributed by atoms with E-state index in [9.17, 15) is 9.59 Å². The van der Waals surface area contributed by atoms with Crippen LogP contribution in [0.4, 0.5) is 0 Å². The lowest BCUT2D eigenvalue weighted by Gasteiger charge is -2.25. The SMILES string of the molecule is CCC1=C(C(=O)OC)[C@@H](c2ccccc2)n2c(s/c(=C/c3cc(Br)c(OCc4ccc(C#N)cc4)c(OC)c3)c2=O)=N1. The Morgan fingerprint density at radius 2 is 1.88 bits per heavy atom. The van der Waals surface area contributed by atoms with Crippen molar-refractivity contribution in [3.63, 3.8) is 0 Å². The lowest BCUT2D eigenvalue weighted by Crippen LogP contribution is -2.40. The fraction of sp³-hybridized carbons (Fsp3) is 0.188. The molecule has 10 heteroatoms. The number of ether oxygens (including phenoxy) is 3. The molecule has 0 aliphatic carbocycles. The molecule has 8 nitrogen and oxygen atoms in total. The fourth-order valence-corrected chi connectivity index (χ4v) is 6.35. The van der Waals surface area contributed by atoms with Gasteiger partial charge in [-0.2, -0.15) is 5.26 Å². The van der Waals surface area contributed by atoms with E-state index in [0.717, 1.165) is 11.1 Å². The molecule has 0 N–H and O–H groups in total. The Labute approximate surface area is 254 Å². The molecule has 0 fully saturated rings. The molecule has 0 bridgehead atoms. The van der Waals surface area contributed by atoms with Gasteiger partial charge >= 0.3 is 5.97 Å². The lowest BCUT2D eigenvalue weighted by molar-refractivity contribution is -0.136. The average Bonchev–Trinajstić information content (AvgIpc) is 3.33. The van der Waals surface area contributed by atoms with Gasteiger partial charge in [0.2, 0.25) is 0 Å². The Balaban J connectivity index is 1.56. The maximum Gasteiger partial charge on any atom is 0.338 e. The molecule has 0 spiro atoms. The molecule has 5 rings (SSSR count). The highest BCUT2D eigenvalue weighted by Gasteiger charge is 2.33. The molecule has 1 aromatic heterocycles. The molecule has 3 aromatic carbocycles. The number of methoxy groups -OCH3 is 2. The van der Waals surface area contributed by atoms with E-state index in [2.05, 4.69) is 22.0 Å². The van der Waals surface area contributed by atoms with Crippen LogP contribution < -0.4 is 24.4 Å². The highest BCUT2D eigenvalue weighted by molar-refractivity contribution is 9.10. The van der Waals surface area contributed by atoms with Crippen LogP contribution in [0.5, 0.6) is 11.5 Å². The molecule has 4 aromatic rings. The Kier molecular flexibility index (Phi) is 8.71. The molecule has 1 atom stereocenters. The first kappa shape index (κ1) is 29.0. The second kappa shape index (κ2) is 12.6. The van der Waals surface area contributed by atoms with Crippen LogP contribution in [0.1, 0.15) is 41.6 Å². The molecular formula is C32H26BrN3O5S. The predicted octanol–water partition coefficient (Wildman–Crippen LogP) is 5.02. The molecule has 42 heavy (non-hydrogen) atoms. The third-order valence-electron chi connectivity index (χ3n) is 6.78. The quantitative estimate of drug-likeness (QED) is 0.250. The highest BCUT2D eigenvalue weighted by atomic mass is 79.9. The maximum atomic E-state index is 13.9. The molecule has 1 aliphatic rings. The zero-order chi connectivity index (χ0) is 29.8. The number of aromatic nitrogens is 1. The number of esters is 1. The van der Waals surface area contributed by atoms with Crippen LogP contribution in [0.25, 0.3) is 6.08 Å². The number of rotatable bonds is 8. The predicted molar refractivity (Wildman–Crippen MR) is 163 cm³/mol. The zero-order valence-corrected chi connectivity index (χ0v) is 25.5. The molecular weight excluding hydrogens is 618 g/mol. The number of carbonyl (C=O) groups excluding carboxylic acids is 1. The van der Waals surface area contributed by atoms with Crippen molar-refractivity contribution in [2.75, 3.05) is 14.2 Å². The van der Waals surface area contributed by atoms with E-state index in [1.165, 1.54) is 18.4 Å². The number of fused-ring (bicyclic) bond motifs is 1.